The van der Waals surface area contributed by atoms with E-state index in [0.717, 1.165) is 46.3 Å². The van der Waals surface area contributed by atoms with Gasteiger partial charge in [-0.1, -0.05) is 126 Å². The Hall–Kier alpha value is -8.42. The Labute approximate surface area is 433 Å². The molecule has 0 aliphatic rings. The molecule has 12 aromatic rings. The van der Waals surface area contributed by atoms with Gasteiger partial charge in [-0.3, -0.25) is 0 Å². The van der Waals surface area contributed by atoms with Crippen molar-refractivity contribution in [1.29, 1.82) is 0 Å². The molecule has 71 heavy (non-hydrogen) atoms. The zero-order valence-corrected chi connectivity index (χ0v) is 39.7. The average molecular weight is 1100 g/mol. The number of benzene rings is 7. The maximum atomic E-state index is 13.4. The minimum Gasteiger partial charge on any atom is -0.472 e. The van der Waals surface area contributed by atoms with Crippen LogP contribution in [0.25, 0.3) is 99.5 Å². The third kappa shape index (κ3) is 9.03. The standard InChI is InChI=1S/C63H40N3O4.Ir/c67-62-54-34-42(37-65-60(54)51-19-9-11-21-58(51)69-62)25-23-40-31-41(24-26-43-35-55-61(66-38-43)52-20-10-12-22-59(52)70-63(55)68)33-48(32-40)49-17-7-8-18-50(49)56-39-64-57(47-15-5-2-6-16-47)36-53(56)46-29-27-45(28-30-46)44-13-3-1-4-14-44;/h1-15,17-18,21-22,27-39H,23-26H2;/q-3;+3/i23D2,24D2,25D2,26D2;. The molecule has 0 atom stereocenters. The van der Waals surface area contributed by atoms with Crippen molar-refractivity contribution < 1.29 is 39.9 Å². The van der Waals surface area contributed by atoms with E-state index in [4.69, 9.17) is 13.8 Å². The van der Waals surface area contributed by atoms with E-state index in [1.165, 1.54) is 24.3 Å². The summed E-state index contributed by atoms with van der Waals surface area (Å²) in [5.41, 5.74) is 4.78. The van der Waals surface area contributed by atoms with Gasteiger partial charge in [0.05, 0.1) is 0 Å². The van der Waals surface area contributed by atoms with Crippen molar-refractivity contribution >= 4 is 43.7 Å². The minimum atomic E-state index is -3.05. The second kappa shape index (κ2) is 19.5. The summed E-state index contributed by atoms with van der Waals surface area (Å²) < 4.78 is 88.5. The zero-order chi connectivity index (χ0) is 54.1. The Bertz CT molecular complexity index is 4290. The first-order valence-corrected chi connectivity index (χ1v) is 22.4. The molecule has 0 saturated heterocycles. The van der Waals surface area contributed by atoms with Crippen molar-refractivity contribution in [1.82, 2.24) is 15.0 Å². The Morgan fingerprint density at radius 1 is 0.423 bits per heavy atom. The van der Waals surface area contributed by atoms with E-state index in [1.54, 1.807) is 54.7 Å². The van der Waals surface area contributed by atoms with E-state index in [-0.39, 0.29) is 80.9 Å². The number of nitrogens with zero attached hydrogens (tertiary/aromatic N) is 3. The monoisotopic (exact) mass is 1100 g/mol. The first-order valence-electron chi connectivity index (χ1n) is 26.4. The summed E-state index contributed by atoms with van der Waals surface area (Å²) >= 11 is 0. The summed E-state index contributed by atoms with van der Waals surface area (Å²) in [7, 11) is 0. The Morgan fingerprint density at radius 2 is 0.958 bits per heavy atom. The summed E-state index contributed by atoms with van der Waals surface area (Å²) in [5, 5.41) is 0.544. The van der Waals surface area contributed by atoms with Crippen LogP contribution in [0, 0.1) is 18.2 Å². The van der Waals surface area contributed by atoms with Crippen molar-refractivity contribution in [2.75, 3.05) is 0 Å². The van der Waals surface area contributed by atoms with E-state index in [9.17, 15) is 20.6 Å². The molecule has 0 bridgehead atoms. The smallest absolute Gasteiger partial charge is 0.472 e. The molecule has 0 fully saturated rings. The number of aryl methyl sites for hydroxylation is 4. The molecule has 7 nitrogen and oxygen atoms in total. The summed E-state index contributed by atoms with van der Waals surface area (Å²) in [6.45, 7) is 0. The molecule has 12 rings (SSSR count). The Kier molecular flexibility index (Phi) is 10.1. The number of aromatic nitrogens is 3. The third-order valence-corrected chi connectivity index (χ3v) is 12.1. The maximum absolute atomic E-state index is 13.4. The predicted octanol–water partition coefficient (Wildman–Crippen LogP) is 13.7. The molecule has 0 N–H and O–H groups in total. The van der Waals surface area contributed by atoms with Crippen molar-refractivity contribution in [2.24, 2.45) is 0 Å². The van der Waals surface area contributed by atoms with Gasteiger partial charge in [0.25, 0.3) is 0 Å². The van der Waals surface area contributed by atoms with Gasteiger partial charge < -0.3 is 23.8 Å². The molecule has 0 unspecified atom stereocenters. The van der Waals surface area contributed by atoms with Gasteiger partial charge >= 0.3 is 31.4 Å². The van der Waals surface area contributed by atoms with Gasteiger partial charge in [0.15, 0.2) is 0 Å². The van der Waals surface area contributed by atoms with Crippen LogP contribution < -0.4 is 11.3 Å². The zero-order valence-electron chi connectivity index (χ0n) is 45.3. The van der Waals surface area contributed by atoms with Crippen molar-refractivity contribution in [3.63, 3.8) is 0 Å². The molecule has 0 spiro atoms. The summed E-state index contributed by atoms with van der Waals surface area (Å²) in [6.07, 6.45) is -8.02. The average Bonchev–Trinajstić information content (AvgIpc) is 3.66. The number of hydrogen-bond acceptors (Lipinski definition) is 7. The van der Waals surface area contributed by atoms with Gasteiger partial charge in [0.2, 0.25) is 0 Å². The molecule has 8 heteroatoms. The van der Waals surface area contributed by atoms with E-state index >= 15 is 0 Å². The molecule has 5 aromatic heterocycles. The van der Waals surface area contributed by atoms with Gasteiger partial charge in [-0.25, -0.2) is 9.59 Å². The van der Waals surface area contributed by atoms with Gasteiger partial charge in [-0.15, -0.1) is 84.4 Å². The quantitative estimate of drug-likeness (QED) is 0.0723. The van der Waals surface area contributed by atoms with Crippen LogP contribution in [0.4, 0.5) is 0 Å². The molecular weight excluding hydrogens is 1050 g/mol. The van der Waals surface area contributed by atoms with Crippen LogP contribution in [0.1, 0.15) is 33.2 Å². The molecule has 0 aliphatic heterocycles. The molecule has 0 radical (unpaired) electrons. The largest absolute Gasteiger partial charge is 3.00 e. The fraction of sp³-hybridized carbons (Fsp3) is 0.0635. The molecule has 5 heterocycles. The van der Waals surface area contributed by atoms with Crippen LogP contribution in [0.2, 0.25) is 0 Å². The van der Waals surface area contributed by atoms with Crippen LogP contribution >= 0.6 is 0 Å². The molecule has 0 saturated carbocycles. The van der Waals surface area contributed by atoms with E-state index in [1.807, 2.05) is 97.1 Å². The summed E-state index contributed by atoms with van der Waals surface area (Å²) in [6, 6.07) is 60.1. The molecule has 340 valence electrons. The third-order valence-electron chi connectivity index (χ3n) is 12.1. The summed E-state index contributed by atoms with van der Waals surface area (Å²) in [5.74, 6) is 0. The molecule has 0 amide bonds. The second-order valence-electron chi connectivity index (χ2n) is 16.5. The minimum absolute atomic E-state index is 0. The van der Waals surface area contributed by atoms with Crippen LogP contribution in [-0.4, -0.2) is 15.0 Å². The van der Waals surface area contributed by atoms with E-state index in [0.29, 0.717) is 33.2 Å². The van der Waals surface area contributed by atoms with Crippen LogP contribution in [0.5, 0.6) is 0 Å². The molecular formula is C63H40IrN3O4. The van der Waals surface area contributed by atoms with Gasteiger partial charge in [-0.05, 0) is 92.4 Å². The van der Waals surface area contributed by atoms with Crippen molar-refractivity contribution in [3.05, 3.63) is 256 Å². The number of hydrogen-bond donors (Lipinski definition) is 0. The van der Waals surface area contributed by atoms with Gasteiger partial charge in [0, 0.05) is 68.1 Å². The molecule has 7 aromatic carbocycles. The fourth-order valence-corrected chi connectivity index (χ4v) is 8.74. The Morgan fingerprint density at radius 3 is 1.56 bits per heavy atom. The first-order chi connectivity index (χ1) is 37.5. The van der Waals surface area contributed by atoms with Crippen LogP contribution in [0.3, 0.4) is 0 Å². The van der Waals surface area contributed by atoms with Crippen molar-refractivity contribution in [3.8, 4) is 55.8 Å². The number of fused-ring (bicyclic) bond motifs is 6. The fourth-order valence-electron chi connectivity index (χ4n) is 8.74. The number of rotatable bonds is 11. The van der Waals surface area contributed by atoms with Gasteiger partial charge in [0.1, 0.15) is 0 Å². The van der Waals surface area contributed by atoms with E-state index in [2.05, 4.69) is 28.2 Å². The topological polar surface area (TPSA) is 99.1 Å². The van der Waals surface area contributed by atoms with Crippen LogP contribution in [-0.2, 0) is 45.6 Å². The summed E-state index contributed by atoms with van der Waals surface area (Å²) in [4.78, 5) is 40.6. The second-order valence-corrected chi connectivity index (χ2v) is 16.5. The normalized spacial score (nSPS) is 13.8. The van der Waals surface area contributed by atoms with Crippen LogP contribution in [0.15, 0.2) is 213 Å². The predicted molar refractivity (Wildman–Crippen MR) is 278 cm³/mol. The Balaban J connectivity index is 0.00000660. The van der Waals surface area contributed by atoms with E-state index < -0.39 is 36.7 Å². The maximum Gasteiger partial charge on any atom is 3.00 e. The number of pyridine rings is 3. The first kappa shape index (κ1) is 36.5. The van der Waals surface area contributed by atoms with Gasteiger partial charge in [-0.2, -0.15) is 0 Å². The van der Waals surface area contributed by atoms with Crippen molar-refractivity contribution in [2.45, 2.75) is 25.5 Å². The molecule has 0 aliphatic carbocycles. The SMILES string of the molecule is [2H]C([2H])(c1cc(-c2ccccc2-c2cnc(-c3[c-]cccc3)cc2-c2ccc(-c3ccccc3)cc2)cc(C([2H])([2H])C([2H])([2H])c2cnc3c(c2)c(=O)oc2ccc[c-]c23)c1)C([2H])([2H])c1cnc2c(c1)c(=O)oc1ccc[c-]c12.[Ir+3].